The van der Waals surface area contributed by atoms with Gasteiger partial charge in [0.25, 0.3) is 5.78 Å². The van der Waals surface area contributed by atoms with Crippen molar-refractivity contribution in [3.63, 3.8) is 0 Å². The minimum atomic E-state index is -0.937. The number of hydrogen-bond donors (Lipinski definition) is 2. The molecule has 1 unspecified atom stereocenters. The third kappa shape index (κ3) is 5.13. The van der Waals surface area contributed by atoms with Gasteiger partial charge in [-0.2, -0.15) is 0 Å². The van der Waals surface area contributed by atoms with E-state index in [0.29, 0.717) is 46.0 Å². The van der Waals surface area contributed by atoms with Crippen molar-refractivity contribution >= 4 is 34.4 Å². The average molecular weight is 590 g/mol. The molecule has 2 heterocycles. The highest BCUT2D eigenvalue weighted by Crippen LogP contribution is 2.43. The average Bonchev–Trinajstić information content (AvgIpc) is 3.56. The summed E-state index contributed by atoms with van der Waals surface area (Å²) in [5.41, 5.74) is 4.85. The van der Waals surface area contributed by atoms with Crippen molar-refractivity contribution < 1.29 is 28.9 Å². The first kappa shape index (κ1) is 28.5. The van der Waals surface area contributed by atoms with Crippen molar-refractivity contribution in [2.75, 3.05) is 19.1 Å². The number of hydrogen-bond acceptors (Lipinski definition) is 7. The lowest BCUT2D eigenvalue weighted by atomic mass is 9.94. The largest absolute Gasteiger partial charge is 0.507 e. The number of carbonyl (C=O) groups excluding carboxylic acids is 2. The van der Waals surface area contributed by atoms with Crippen molar-refractivity contribution in [1.82, 2.24) is 9.97 Å². The van der Waals surface area contributed by atoms with Gasteiger partial charge in [-0.05, 0) is 48.7 Å². The van der Waals surface area contributed by atoms with E-state index in [-0.39, 0.29) is 17.3 Å². The summed E-state index contributed by atoms with van der Waals surface area (Å²) in [5, 5.41) is 11.6. The van der Waals surface area contributed by atoms with Crippen LogP contribution >= 0.6 is 0 Å². The second-order valence-electron chi connectivity index (χ2n) is 10.6. The zero-order chi connectivity index (χ0) is 31.0. The highest BCUT2D eigenvalue weighted by molar-refractivity contribution is 6.51. The number of aliphatic hydroxyl groups excluding tert-OH is 1. The van der Waals surface area contributed by atoms with Gasteiger partial charge in [0.05, 0.1) is 36.9 Å². The number of Topliss-reactive ketones (excluding diaryl/α,β-unsaturated/α-hetero) is 1. The molecule has 1 saturated heterocycles. The van der Waals surface area contributed by atoms with Crippen LogP contribution < -0.4 is 19.1 Å². The van der Waals surface area contributed by atoms with Crippen molar-refractivity contribution in [3.8, 4) is 17.2 Å². The Balaban J connectivity index is 1.43. The molecular weight excluding hydrogens is 558 g/mol. The highest BCUT2D eigenvalue weighted by Gasteiger charge is 2.48. The van der Waals surface area contributed by atoms with Crippen LogP contribution in [0.5, 0.6) is 17.2 Å². The Morgan fingerprint density at radius 2 is 1.64 bits per heavy atom. The van der Waals surface area contributed by atoms with Gasteiger partial charge >= 0.3 is 5.91 Å². The number of nitrogens with one attached hydrogen (secondary N) is 1. The summed E-state index contributed by atoms with van der Waals surface area (Å²) < 4.78 is 16.8. The number of aliphatic hydroxyl groups is 1. The van der Waals surface area contributed by atoms with E-state index in [1.807, 2.05) is 68.4 Å². The maximum Gasteiger partial charge on any atom is 0.302 e. The predicted molar refractivity (Wildman–Crippen MR) is 167 cm³/mol. The molecule has 1 atom stereocenters. The Bertz CT molecular complexity index is 1890. The lowest BCUT2D eigenvalue weighted by molar-refractivity contribution is -0.132. The third-order valence-corrected chi connectivity index (χ3v) is 7.69. The summed E-state index contributed by atoms with van der Waals surface area (Å²) >= 11 is 0. The van der Waals surface area contributed by atoms with Crippen LogP contribution in [0.2, 0.25) is 0 Å². The summed E-state index contributed by atoms with van der Waals surface area (Å²) in [6, 6.07) is 24.9. The molecule has 1 amide bonds. The SMILES string of the molecule is COc1cc2nc(N3C(=O)C(=O)/C(=C(/O)c4ccc(OCc5ccccc5)c(C)c4)C3c3cccc(C)c3)[nH]c2cc1OC. The van der Waals surface area contributed by atoms with Crippen LogP contribution in [0.25, 0.3) is 16.8 Å². The van der Waals surface area contributed by atoms with Gasteiger partial charge in [-0.25, -0.2) is 4.98 Å². The van der Waals surface area contributed by atoms with Gasteiger partial charge in [0.1, 0.15) is 18.1 Å². The first-order valence-corrected chi connectivity index (χ1v) is 14.1. The zero-order valence-electron chi connectivity index (χ0n) is 24.8. The number of amides is 1. The highest BCUT2D eigenvalue weighted by atomic mass is 16.5. The van der Waals surface area contributed by atoms with Gasteiger partial charge in [-0.3, -0.25) is 14.5 Å². The Hall–Kier alpha value is -5.57. The topological polar surface area (TPSA) is 114 Å². The van der Waals surface area contributed by atoms with Gasteiger partial charge in [0.2, 0.25) is 5.95 Å². The van der Waals surface area contributed by atoms with Crippen LogP contribution in [0, 0.1) is 13.8 Å². The number of imidazole rings is 1. The van der Waals surface area contributed by atoms with Gasteiger partial charge in [-0.1, -0.05) is 60.2 Å². The normalized spacial score (nSPS) is 16.0. The van der Waals surface area contributed by atoms with E-state index in [2.05, 4.69) is 9.97 Å². The van der Waals surface area contributed by atoms with Crippen LogP contribution in [-0.2, 0) is 16.2 Å². The summed E-state index contributed by atoms with van der Waals surface area (Å²) in [4.78, 5) is 36.5. The van der Waals surface area contributed by atoms with E-state index < -0.39 is 17.7 Å². The Morgan fingerprint density at radius 3 is 2.34 bits per heavy atom. The lowest BCUT2D eigenvalue weighted by Gasteiger charge is -2.23. The van der Waals surface area contributed by atoms with Crippen molar-refractivity contribution in [2.24, 2.45) is 0 Å². The molecule has 9 heteroatoms. The van der Waals surface area contributed by atoms with Crippen LogP contribution in [0.1, 0.15) is 33.9 Å². The molecule has 1 aromatic heterocycles. The van der Waals surface area contributed by atoms with E-state index in [0.717, 1.165) is 16.7 Å². The molecule has 9 nitrogen and oxygen atoms in total. The number of H-pyrrole nitrogens is 1. The number of aryl methyl sites for hydroxylation is 2. The maximum atomic E-state index is 13.7. The first-order chi connectivity index (χ1) is 21.3. The first-order valence-electron chi connectivity index (χ1n) is 14.1. The van der Waals surface area contributed by atoms with E-state index in [9.17, 15) is 14.7 Å². The molecule has 222 valence electrons. The van der Waals surface area contributed by atoms with Crippen LogP contribution in [0.4, 0.5) is 5.95 Å². The molecule has 0 bridgehead atoms. The van der Waals surface area contributed by atoms with Gasteiger partial charge < -0.3 is 24.3 Å². The van der Waals surface area contributed by atoms with Crippen LogP contribution in [0.15, 0.2) is 90.5 Å². The van der Waals surface area contributed by atoms with E-state index >= 15 is 0 Å². The number of ketones is 1. The number of aromatic nitrogens is 2. The molecule has 2 N–H and O–H groups in total. The molecular formula is C35H31N3O6. The molecule has 0 aliphatic carbocycles. The van der Waals surface area contributed by atoms with Gasteiger partial charge in [-0.15, -0.1) is 0 Å². The lowest BCUT2D eigenvalue weighted by Crippen LogP contribution is -2.30. The van der Waals surface area contributed by atoms with Gasteiger partial charge in [0.15, 0.2) is 11.5 Å². The number of ether oxygens (including phenoxy) is 3. The van der Waals surface area contributed by atoms with Crippen LogP contribution in [0.3, 0.4) is 0 Å². The van der Waals surface area contributed by atoms with E-state index in [1.165, 1.54) is 19.1 Å². The third-order valence-electron chi connectivity index (χ3n) is 7.69. The Morgan fingerprint density at radius 1 is 0.886 bits per heavy atom. The molecule has 4 aromatic carbocycles. The Labute approximate surface area is 254 Å². The van der Waals surface area contributed by atoms with Crippen molar-refractivity contribution in [1.29, 1.82) is 0 Å². The fourth-order valence-corrected chi connectivity index (χ4v) is 5.49. The standard InChI is InChI=1S/C35H31N3O6/c1-20-9-8-12-23(15-20)31-30(32(39)24-13-14-27(21(2)16-24)44-19-22-10-6-5-7-11-22)33(40)34(41)38(31)35-36-25-17-28(42-3)29(43-4)18-26(25)37-35/h5-18,31,39H,19H2,1-4H3,(H,36,37)/b32-30+. The second-order valence-corrected chi connectivity index (χ2v) is 10.6. The number of benzene rings is 4. The molecule has 1 aliphatic heterocycles. The van der Waals surface area contributed by atoms with E-state index in [4.69, 9.17) is 14.2 Å². The summed E-state index contributed by atoms with van der Waals surface area (Å²) in [5.74, 6) is -0.143. The zero-order valence-corrected chi connectivity index (χ0v) is 24.8. The molecule has 1 aliphatic rings. The fraction of sp³-hybridized carbons (Fsp3) is 0.171. The van der Waals surface area contributed by atoms with Crippen molar-refractivity contribution in [3.05, 3.63) is 118 Å². The number of carbonyl (C=O) groups is 2. The van der Waals surface area contributed by atoms with Gasteiger partial charge in [0, 0.05) is 17.7 Å². The summed E-state index contributed by atoms with van der Waals surface area (Å²) in [7, 11) is 3.05. The number of fused-ring (bicyclic) bond motifs is 1. The fourth-order valence-electron chi connectivity index (χ4n) is 5.49. The minimum Gasteiger partial charge on any atom is -0.507 e. The maximum absolute atomic E-state index is 13.7. The number of aromatic amines is 1. The number of methoxy groups -OCH3 is 2. The molecule has 0 radical (unpaired) electrons. The van der Waals surface area contributed by atoms with Crippen LogP contribution in [-0.4, -0.2) is 41.0 Å². The molecule has 44 heavy (non-hydrogen) atoms. The molecule has 1 fully saturated rings. The monoisotopic (exact) mass is 589 g/mol. The summed E-state index contributed by atoms with van der Waals surface area (Å²) in [6.45, 7) is 4.18. The smallest absolute Gasteiger partial charge is 0.302 e. The quantitative estimate of drug-likeness (QED) is 0.122. The molecule has 0 saturated carbocycles. The minimum absolute atomic E-state index is 0.0337. The number of nitrogens with zero attached hydrogens (tertiary/aromatic N) is 2. The second kappa shape index (κ2) is 11.6. The summed E-state index contributed by atoms with van der Waals surface area (Å²) in [6.07, 6.45) is 0. The predicted octanol–water partition coefficient (Wildman–Crippen LogP) is 6.40. The number of anilines is 1. The van der Waals surface area contributed by atoms with E-state index in [1.54, 1.807) is 30.3 Å². The molecule has 0 spiro atoms. The van der Waals surface area contributed by atoms with Crippen molar-refractivity contribution in [2.45, 2.75) is 26.5 Å². The molecule has 5 aromatic rings. The molecule has 6 rings (SSSR count). The number of rotatable bonds is 8. The Kier molecular flexibility index (Phi) is 7.53.